The molecule has 33 heavy (non-hydrogen) atoms. The van der Waals surface area contributed by atoms with Crippen molar-refractivity contribution in [3.8, 4) is 11.5 Å². The number of phenols is 1. The highest BCUT2D eigenvalue weighted by Gasteiger charge is 2.40. The van der Waals surface area contributed by atoms with E-state index in [2.05, 4.69) is 73.7 Å². The minimum absolute atomic E-state index is 0.0101. The van der Waals surface area contributed by atoms with Crippen LogP contribution < -0.4 is 4.43 Å². The van der Waals surface area contributed by atoms with Crippen molar-refractivity contribution < 1.29 is 19.4 Å². The molecule has 0 fully saturated rings. The number of rotatable bonds is 12. The van der Waals surface area contributed by atoms with Crippen LogP contribution in [0.3, 0.4) is 0 Å². The molecule has 1 aromatic rings. The van der Waals surface area contributed by atoms with Crippen LogP contribution in [-0.4, -0.2) is 24.5 Å². The topological polar surface area (TPSA) is 66.8 Å². The average molecular weight is 475 g/mol. The van der Waals surface area contributed by atoms with Crippen molar-refractivity contribution in [1.29, 1.82) is 0 Å². The van der Waals surface area contributed by atoms with Crippen LogP contribution in [0.15, 0.2) is 29.4 Å². The molecule has 0 radical (unpaired) electrons. The highest BCUT2D eigenvalue weighted by molar-refractivity contribution is 6.74. The van der Waals surface area contributed by atoms with E-state index in [1.165, 1.54) is 11.1 Å². The zero-order chi connectivity index (χ0) is 25.4. The molecule has 0 aliphatic carbocycles. The summed E-state index contributed by atoms with van der Waals surface area (Å²) >= 11 is 0. The molecule has 1 rings (SSSR count). The molecule has 5 heteroatoms. The number of aryl methyl sites for hydroxylation is 1. The summed E-state index contributed by atoms with van der Waals surface area (Å²) in [6, 6.07) is 1.89. The summed E-state index contributed by atoms with van der Waals surface area (Å²) in [6.45, 7) is 19.3. The van der Waals surface area contributed by atoms with Gasteiger partial charge >= 0.3 is 5.97 Å². The smallest absolute Gasteiger partial charge is 0.339 e. The van der Waals surface area contributed by atoms with Gasteiger partial charge in [-0.05, 0) is 82.6 Å². The fraction of sp³-hybridized carbons (Fsp3) is 0.607. The van der Waals surface area contributed by atoms with Gasteiger partial charge < -0.3 is 14.6 Å². The lowest BCUT2D eigenvalue weighted by Crippen LogP contribution is -2.44. The second-order valence-corrected chi connectivity index (χ2v) is 15.7. The largest absolute Gasteiger partial charge is 0.543 e. The number of unbranched alkanes of at least 4 members (excludes halogenated alkanes) is 2. The number of benzene rings is 1. The van der Waals surface area contributed by atoms with Crippen molar-refractivity contribution >= 4 is 14.3 Å². The van der Waals surface area contributed by atoms with E-state index in [0.717, 1.165) is 32.1 Å². The van der Waals surface area contributed by atoms with Crippen molar-refractivity contribution in [3.05, 3.63) is 46.1 Å². The van der Waals surface area contributed by atoms with E-state index in [-0.39, 0.29) is 16.4 Å². The Balaban J connectivity index is 3.50. The summed E-state index contributed by atoms with van der Waals surface area (Å²) < 4.78 is 6.65. The lowest BCUT2D eigenvalue weighted by molar-refractivity contribution is 0.0692. The van der Waals surface area contributed by atoms with Gasteiger partial charge in [0.15, 0.2) is 0 Å². The Morgan fingerprint density at radius 1 is 1.12 bits per heavy atom. The molecule has 2 N–H and O–H groups in total. The molecule has 0 spiro atoms. The zero-order valence-electron chi connectivity index (χ0n) is 22.4. The van der Waals surface area contributed by atoms with E-state index in [1.54, 1.807) is 0 Å². The van der Waals surface area contributed by atoms with Crippen LogP contribution in [0.5, 0.6) is 11.5 Å². The molecule has 0 saturated heterocycles. The van der Waals surface area contributed by atoms with Crippen LogP contribution in [0.4, 0.5) is 0 Å². The van der Waals surface area contributed by atoms with Gasteiger partial charge in [0.1, 0.15) is 17.1 Å². The molecular weight excluding hydrogens is 428 g/mol. The molecule has 0 heterocycles. The molecule has 0 aromatic heterocycles. The lowest BCUT2D eigenvalue weighted by atomic mass is 9.95. The van der Waals surface area contributed by atoms with Crippen LogP contribution in [0.25, 0.3) is 0 Å². The van der Waals surface area contributed by atoms with Crippen molar-refractivity contribution in [2.45, 2.75) is 112 Å². The summed E-state index contributed by atoms with van der Waals surface area (Å²) in [6.07, 6.45) is 10.2. The Hall–Kier alpha value is -2.01. The van der Waals surface area contributed by atoms with E-state index in [4.69, 9.17) is 4.43 Å². The van der Waals surface area contributed by atoms with Gasteiger partial charge in [-0.3, -0.25) is 0 Å². The Morgan fingerprint density at radius 2 is 1.76 bits per heavy atom. The van der Waals surface area contributed by atoms with Gasteiger partial charge in [-0.25, -0.2) is 4.79 Å². The summed E-state index contributed by atoms with van der Waals surface area (Å²) in [5, 5.41) is 21.1. The van der Waals surface area contributed by atoms with Crippen molar-refractivity contribution in [2.75, 3.05) is 0 Å². The molecule has 1 aromatic carbocycles. The average Bonchev–Trinajstić information content (AvgIpc) is 2.65. The molecule has 0 bridgehead atoms. The van der Waals surface area contributed by atoms with Gasteiger partial charge in [0.25, 0.3) is 0 Å². The highest BCUT2D eigenvalue weighted by Crippen LogP contribution is 2.42. The van der Waals surface area contributed by atoms with Gasteiger partial charge in [-0.2, -0.15) is 0 Å². The number of hydrogen-bond acceptors (Lipinski definition) is 3. The first kappa shape index (κ1) is 29.0. The second-order valence-electron chi connectivity index (χ2n) is 10.9. The van der Waals surface area contributed by atoms with Gasteiger partial charge in [0.05, 0.1) is 0 Å². The number of carboxylic acids is 1. The maximum absolute atomic E-state index is 12.1. The third kappa shape index (κ3) is 8.69. The Bertz CT molecular complexity index is 869. The molecule has 4 nitrogen and oxygen atoms in total. The number of hydrogen-bond donors (Lipinski definition) is 2. The Kier molecular flexibility index (Phi) is 10.9. The van der Waals surface area contributed by atoms with E-state index in [9.17, 15) is 15.0 Å². The van der Waals surface area contributed by atoms with Crippen LogP contribution in [0.2, 0.25) is 18.1 Å². The Labute approximate surface area is 202 Å². The molecule has 0 saturated carbocycles. The predicted octanol–water partition coefficient (Wildman–Crippen LogP) is 8.44. The normalized spacial score (nSPS) is 12.6. The number of allylic oxidation sites excluding steroid dienone is 4. The predicted molar refractivity (Wildman–Crippen MR) is 142 cm³/mol. The first-order valence-electron chi connectivity index (χ1n) is 12.3. The molecule has 0 aliphatic rings. The van der Waals surface area contributed by atoms with E-state index in [1.807, 2.05) is 6.07 Å². The standard InChI is InChI=1S/C28H46O4Si/c1-10-11-12-16-22-19-24(32-33(8,9)28(5,6)7)23(26(29)25(22)27(30)31)18-17-21(4)15-13-14-20(2)3/h14,17,19,29H,10-13,15-16,18H2,1-9H3,(H,30,31). The minimum Gasteiger partial charge on any atom is -0.543 e. The minimum atomic E-state index is -2.18. The number of carbonyl (C=O) groups is 1. The van der Waals surface area contributed by atoms with Crippen LogP contribution in [0, 0.1) is 0 Å². The molecule has 0 amide bonds. The maximum Gasteiger partial charge on any atom is 0.339 e. The molecule has 0 unspecified atom stereocenters. The van der Waals surface area contributed by atoms with Crippen molar-refractivity contribution in [2.24, 2.45) is 0 Å². The SMILES string of the molecule is CCCCCc1cc(O[Si](C)(C)C(C)(C)C)c(CC=C(C)CCC=C(C)C)c(O)c1C(=O)O. The quantitative estimate of drug-likeness (QED) is 0.181. The van der Waals surface area contributed by atoms with Gasteiger partial charge in [0.2, 0.25) is 8.32 Å². The third-order valence-corrected chi connectivity index (χ3v) is 11.0. The monoisotopic (exact) mass is 474 g/mol. The third-order valence-electron chi connectivity index (χ3n) is 6.63. The maximum atomic E-state index is 12.1. The van der Waals surface area contributed by atoms with E-state index < -0.39 is 14.3 Å². The first-order chi connectivity index (χ1) is 15.2. The zero-order valence-corrected chi connectivity index (χ0v) is 23.4. The van der Waals surface area contributed by atoms with Gasteiger partial charge in [-0.1, -0.05) is 63.8 Å². The number of carboxylic acid groups (broad SMARTS) is 1. The summed E-state index contributed by atoms with van der Waals surface area (Å²) in [7, 11) is -2.18. The second kappa shape index (κ2) is 12.4. The molecular formula is C28H46O4Si. The summed E-state index contributed by atoms with van der Waals surface area (Å²) in [4.78, 5) is 12.1. The summed E-state index contributed by atoms with van der Waals surface area (Å²) in [5.74, 6) is -0.578. The van der Waals surface area contributed by atoms with E-state index >= 15 is 0 Å². The lowest BCUT2D eigenvalue weighted by Gasteiger charge is -2.37. The van der Waals surface area contributed by atoms with E-state index in [0.29, 0.717) is 29.7 Å². The first-order valence-corrected chi connectivity index (χ1v) is 15.2. The summed E-state index contributed by atoms with van der Waals surface area (Å²) in [5.41, 5.74) is 3.79. The number of aromatic carboxylic acids is 1. The molecule has 0 atom stereocenters. The Morgan fingerprint density at radius 3 is 2.27 bits per heavy atom. The fourth-order valence-corrected chi connectivity index (χ4v) is 4.46. The van der Waals surface area contributed by atoms with Crippen molar-refractivity contribution in [1.82, 2.24) is 0 Å². The highest BCUT2D eigenvalue weighted by atomic mass is 28.4. The van der Waals surface area contributed by atoms with Crippen molar-refractivity contribution in [3.63, 3.8) is 0 Å². The van der Waals surface area contributed by atoms with Gasteiger partial charge in [-0.15, -0.1) is 0 Å². The number of aromatic hydroxyl groups is 1. The molecule has 186 valence electrons. The van der Waals surface area contributed by atoms with Gasteiger partial charge in [0, 0.05) is 5.56 Å². The van der Waals surface area contributed by atoms with Crippen LogP contribution in [-0.2, 0) is 12.8 Å². The fourth-order valence-electron chi connectivity index (χ4n) is 3.42. The van der Waals surface area contributed by atoms with Crippen LogP contribution in [0.1, 0.15) is 102 Å². The van der Waals surface area contributed by atoms with Crippen LogP contribution >= 0.6 is 0 Å². The molecule has 0 aliphatic heterocycles.